The Labute approximate surface area is 219 Å². The molecule has 2 heterocycles. The lowest BCUT2D eigenvalue weighted by Crippen LogP contribution is -2.42. The first-order chi connectivity index (χ1) is 17.5. The van der Waals surface area contributed by atoms with E-state index in [0.717, 1.165) is 54.4 Å². The minimum Gasteiger partial charge on any atom is -0.497 e. The van der Waals surface area contributed by atoms with Gasteiger partial charge in [-0.15, -0.1) is 0 Å². The van der Waals surface area contributed by atoms with Gasteiger partial charge in [-0.3, -0.25) is 9.78 Å². The van der Waals surface area contributed by atoms with Gasteiger partial charge in [0.1, 0.15) is 11.9 Å². The third-order valence-electron chi connectivity index (χ3n) is 8.13. The lowest BCUT2D eigenvalue weighted by Gasteiger charge is -2.39. The van der Waals surface area contributed by atoms with Gasteiger partial charge in [-0.1, -0.05) is 19.3 Å². The molecule has 0 radical (unpaired) electrons. The highest BCUT2D eigenvalue weighted by Gasteiger charge is 2.30. The fourth-order valence-electron chi connectivity index (χ4n) is 6.02. The number of hydrogen-bond acceptors (Lipinski definition) is 5. The second kappa shape index (κ2) is 13.6. The number of thioether (sulfide) groups is 1. The minimum absolute atomic E-state index is 0.194. The Bertz CT molecular complexity index is 984. The number of carboxylic acids is 1. The maximum absolute atomic E-state index is 15.5. The van der Waals surface area contributed by atoms with Gasteiger partial charge in [0, 0.05) is 42.1 Å². The Hall–Kier alpha value is -1.86. The summed E-state index contributed by atoms with van der Waals surface area (Å²) in [6.45, 7) is 3.05. The highest BCUT2D eigenvalue weighted by atomic mass is 32.2. The summed E-state index contributed by atoms with van der Waals surface area (Å²) in [6, 6.07) is 7.36. The number of aromatic nitrogens is 1. The molecule has 2 fully saturated rings. The summed E-state index contributed by atoms with van der Waals surface area (Å²) in [5.41, 5.74) is 1.44. The van der Waals surface area contributed by atoms with Crippen molar-refractivity contribution >= 4 is 28.6 Å². The first-order valence-corrected chi connectivity index (χ1v) is 14.7. The number of carboxylic acid groups (broad SMARTS) is 1. The fourth-order valence-corrected chi connectivity index (χ4v) is 7.38. The zero-order valence-corrected chi connectivity index (χ0v) is 22.4. The molecule has 0 spiro atoms. The predicted molar refractivity (Wildman–Crippen MR) is 146 cm³/mol. The number of nitrogens with zero attached hydrogens (tertiary/aromatic N) is 2. The Kier molecular flexibility index (Phi) is 10.3. The maximum Gasteiger partial charge on any atom is 0.303 e. The number of hydrogen-bond donors (Lipinski definition) is 1. The highest BCUT2D eigenvalue weighted by molar-refractivity contribution is 7.99. The van der Waals surface area contributed by atoms with Crippen LogP contribution in [0.1, 0.15) is 75.9 Å². The molecule has 1 aliphatic heterocycles. The van der Waals surface area contributed by atoms with Crippen LogP contribution >= 0.6 is 11.8 Å². The van der Waals surface area contributed by atoms with E-state index in [2.05, 4.69) is 21.6 Å². The van der Waals surface area contributed by atoms with Crippen LogP contribution in [0.2, 0.25) is 0 Å². The minimum atomic E-state index is -1.08. The van der Waals surface area contributed by atoms with E-state index in [-0.39, 0.29) is 6.42 Å². The highest BCUT2D eigenvalue weighted by Crippen LogP contribution is 2.37. The van der Waals surface area contributed by atoms with Crippen LogP contribution in [0.15, 0.2) is 30.5 Å². The van der Waals surface area contributed by atoms with E-state index >= 15 is 4.39 Å². The van der Waals surface area contributed by atoms with E-state index in [1.165, 1.54) is 32.1 Å². The molecule has 1 aromatic heterocycles. The molecule has 1 aliphatic carbocycles. The average Bonchev–Trinajstić information content (AvgIpc) is 2.91. The summed E-state index contributed by atoms with van der Waals surface area (Å²) in [7, 11) is 1.61. The van der Waals surface area contributed by atoms with Gasteiger partial charge in [-0.25, -0.2) is 4.39 Å². The van der Waals surface area contributed by atoms with Crippen LogP contribution < -0.4 is 4.74 Å². The lowest BCUT2D eigenvalue weighted by molar-refractivity contribution is -0.137. The number of rotatable bonds is 12. The second-order valence-corrected chi connectivity index (χ2v) is 11.9. The number of fused-ring (bicyclic) bond motifs is 1. The number of aliphatic carboxylic acids is 1. The van der Waals surface area contributed by atoms with Crippen molar-refractivity contribution in [2.24, 2.45) is 11.8 Å². The van der Waals surface area contributed by atoms with Gasteiger partial charge in [0.15, 0.2) is 0 Å². The van der Waals surface area contributed by atoms with Gasteiger partial charge in [-0.05, 0) is 86.7 Å². The smallest absolute Gasteiger partial charge is 0.303 e. The van der Waals surface area contributed by atoms with E-state index in [1.54, 1.807) is 19.4 Å². The van der Waals surface area contributed by atoms with Crippen molar-refractivity contribution in [2.75, 3.05) is 32.5 Å². The first-order valence-electron chi connectivity index (χ1n) is 13.7. The summed E-state index contributed by atoms with van der Waals surface area (Å²) in [6.07, 6.45) is 10.6. The quantitative estimate of drug-likeness (QED) is 0.331. The number of ether oxygens (including phenoxy) is 1. The molecule has 5 nitrogen and oxygen atoms in total. The number of carbonyl (C=O) groups is 1. The van der Waals surface area contributed by atoms with E-state index in [0.29, 0.717) is 36.0 Å². The molecule has 198 valence electrons. The van der Waals surface area contributed by atoms with Crippen LogP contribution in [0.5, 0.6) is 5.75 Å². The van der Waals surface area contributed by atoms with Gasteiger partial charge >= 0.3 is 5.97 Å². The summed E-state index contributed by atoms with van der Waals surface area (Å²) >= 11 is 2.13. The molecule has 1 N–H and O–H groups in total. The van der Waals surface area contributed by atoms with Crippen molar-refractivity contribution in [3.05, 3.63) is 36.0 Å². The van der Waals surface area contributed by atoms with Gasteiger partial charge in [0.25, 0.3) is 0 Å². The second-order valence-electron chi connectivity index (χ2n) is 10.5. The van der Waals surface area contributed by atoms with Gasteiger partial charge < -0.3 is 14.7 Å². The molecule has 1 saturated heterocycles. The van der Waals surface area contributed by atoms with Crippen molar-refractivity contribution in [2.45, 2.75) is 75.6 Å². The molecule has 1 aromatic carbocycles. The summed E-state index contributed by atoms with van der Waals surface area (Å²) in [5, 5.41) is 10.9. The zero-order chi connectivity index (χ0) is 25.3. The largest absolute Gasteiger partial charge is 0.497 e. The van der Waals surface area contributed by atoms with E-state index in [9.17, 15) is 9.90 Å². The standard InChI is InChI=1S/C29H41FN2O3S/c1-35-23-9-11-28-26(19-23)25(13-15-31-28)27(30)10-7-21-14-16-32(20-22(21)8-12-29(33)34)17-18-36-24-5-3-2-4-6-24/h9,11,13,15,19,21-22,24,27H,2-8,10,12,14,16-18,20H2,1H3,(H,33,34)/t21?,22?,27-/m0/s1. The van der Waals surface area contributed by atoms with Gasteiger partial charge in [0.05, 0.1) is 12.6 Å². The van der Waals surface area contributed by atoms with E-state index < -0.39 is 12.1 Å². The predicted octanol–water partition coefficient (Wildman–Crippen LogP) is 6.90. The van der Waals surface area contributed by atoms with E-state index in [4.69, 9.17) is 4.74 Å². The molecule has 36 heavy (non-hydrogen) atoms. The van der Waals surface area contributed by atoms with Crippen molar-refractivity contribution in [3.8, 4) is 5.75 Å². The number of methoxy groups -OCH3 is 1. The van der Waals surface area contributed by atoms with Crippen LogP contribution in [0.4, 0.5) is 4.39 Å². The molecule has 3 atom stereocenters. The molecule has 7 heteroatoms. The number of halogens is 1. The van der Waals surface area contributed by atoms with Crippen LogP contribution in [0.25, 0.3) is 10.9 Å². The third-order valence-corrected chi connectivity index (χ3v) is 9.49. The van der Waals surface area contributed by atoms with Crippen LogP contribution in [-0.4, -0.2) is 58.7 Å². The van der Waals surface area contributed by atoms with Crippen LogP contribution in [0, 0.1) is 11.8 Å². The molecule has 0 amide bonds. The Morgan fingerprint density at radius 3 is 2.81 bits per heavy atom. The monoisotopic (exact) mass is 516 g/mol. The van der Waals surface area contributed by atoms with Crippen molar-refractivity contribution in [3.63, 3.8) is 0 Å². The number of pyridine rings is 1. The third kappa shape index (κ3) is 7.58. The van der Waals surface area contributed by atoms with Crippen molar-refractivity contribution < 1.29 is 19.0 Å². The molecule has 4 rings (SSSR count). The molecule has 2 aromatic rings. The first kappa shape index (κ1) is 27.2. The van der Waals surface area contributed by atoms with Crippen molar-refractivity contribution in [1.82, 2.24) is 9.88 Å². The fraction of sp³-hybridized carbons (Fsp3) is 0.655. The molecular formula is C29H41FN2O3S. The molecule has 1 saturated carbocycles. The number of alkyl halides is 1. The summed E-state index contributed by atoms with van der Waals surface area (Å²) < 4.78 is 20.9. The Morgan fingerprint density at radius 1 is 1.19 bits per heavy atom. The molecule has 2 aliphatic rings. The van der Waals surface area contributed by atoms with E-state index in [1.807, 2.05) is 18.2 Å². The molecule has 0 bridgehead atoms. The van der Waals surface area contributed by atoms with Gasteiger partial charge in [-0.2, -0.15) is 11.8 Å². The number of piperidine rings is 1. The summed E-state index contributed by atoms with van der Waals surface area (Å²) in [5.74, 6) is 1.81. The lowest BCUT2D eigenvalue weighted by atomic mass is 9.79. The SMILES string of the molecule is COc1ccc2nccc([C@@H](F)CCC3CCN(CCSC4CCCCC4)CC3CCC(=O)O)c2c1. The summed E-state index contributed by atoms with van der Waals surface area (Å²) in [4.78, 5) is 18.2. The molecular weight excluding hydrogens is 475 g/mol. The van der Waals surface area contributed by atoms with Gasteiger partial charge in [0.2, 0.25) is 0 Å². The normalized spacial score (nSPS) is 22.5. The average molecular weight is 517 g/mol. The number of benzene rings is 1. The van der Waals surface area contributed by atoms with Crippen molar-refractivity contribution in [1.29, 1.82) is 0 Å². The number of likely N-dealkylation sites (tertiary alicyclic amines) is 1. The topological polar surface area (TPSA) is 62.7 Å². The zero-order valence-electron chi connectivity index (χ0n) is 21.5. The Morgan fingerprint density at radius 2 is 2.03 bits per heavy atom. The van der Waals surface area contributed by atoms with Crippen LogP contribution in [0.3, 0.4) is 0 Å². The van der Waals surface area contributed by atoms with Crippen LogP contribution in [-0.2, 0) is 4.79 Å². The Balaban J connectivity index is 1.33. The molecule has 2 unspecified atom stereocenters. The maximum atomic E-state index is 15.5.